The van der Waals surface area contributed by atoms with Crippen LogP contribution in [0, 0.1) is 28.6 Å². The van der Waals surface area contributed by atoms with Crippen LogP contribution >= 0.6 is 0 Å². The van der Waals surface area contributed by atoms with Crippen LogP contribution in [0.25, 0.3) is 0 Å². The van der Waals surface area contributed by atoms with Gasteiger partial charge in [0.1, 0.15) is 0 Å². The van der Waals surface area contributed by atoms with Crippen LogP contribution in [-0.4, -0.2) is 17.0 Å². The van der Waals surface area contributed by atoms with Crippen molar-refractivity contribution < 1.29 is 9.90 Å². The fourth-order valence-corrected chi connectivity index (χ4v) is 6.53. The second kappa shape index (κ2) is 4.44. The smallest absolute Gasteiger partial charge is 0.155 e. The molecule has 0 aromatic rings. The standard InChI is InChI=1S/C19H28O2/c1-18-9-7-13(20)11-12(18)3-4-14-15-5-6-17(21)19(15,2)10-8-16(14)18/h11,14-17,21H,3-10H2,1-2H3/t14-,15-,16-,17-,18+,19+/m0/s1. The molecule has 0 aliphatic heterocycles. The van der Waals surface area contributed by atoms with Crippen molar-refractivity contribution in [2.24, 2.45) is 28.6 Å². The van der Waals surface area contributed by atoms with E-state index in [1.165, 1.54) is 31.3 Å². The molecule has 4 rings (SSSR count). The average molecular weight is 288 g/mol. The Balaban J connectivity index is 1.69. The van der Waals surface area contributed by atoms with E-state index in [0.717, 1.165) is 37.5 Å². The van der Waals surface area contributed by atoms with Gasteiger partial charge in [0.2, 0.25) is 0 Å². The first-order valence-electron chi connectivity index (χ1n) is 8.87. The maximum Gasteiger partial charge on any atom is 0.155 e. The summed E-state index contributed by atoms with van der Waals surface area (Å²) in [6.45, 7) is 4.76. The molecule has 0 amide bonds. The van der Waals surface area contributed by atoms with Gasteiger partial charge in [-0.1, -0.05) is 19.4 Å². The molecular formula is C19H28O2. The monoisotopic (exact) mass is 288 g/mol. The molecule has 0 aromatic heterocycles. The molecule has 0 radical (unpaired) electrons. The van der Waals surface area contributed by atoms with Crippen molar-refractivity contribution in [2.75, 3.05) is 0 Å². The van der Waals surface area contributed by atoms with E-state index in [0.29, 0.717) is 11.7 Å². The summed E-state index contributed by atoms with van der Waals surface area (Å²) in [6, 6.07) is 0. The van der Waals surface area contributed by atoms with Crippen LogP contribution < -0.4 is 0 Å². The third-order valence-corrected chi connectivity index (χ3v) is 7.91. The Kier molecular flexibility index (Phi) is 2.96. The lowest BCUT2D eigenvalue weighted by atomic mass is 9.47. The van der Waals surface area contributed by atoms with Gasteiger partial charge in [0.25, 0.3) is 0 Å². The average Bonchev–Trinajstić information content (AvgIpc) is 2.76. The van der Waals surface area contributed by atoms with Crippen molar-refractivity contribution in [1.82, 2.24) is 0 Å². The molecule has 0 spiro atoms. The van der Waals surface area contributed by atoms with Crippen molar-refractivity contribution >= 4 is 5.78 Å². The normalized spacial score (nSPS) is 52.7. The van der Waals surface area contributed by atoms with Gasteiger partial charge in [0.05, 0.1) is 6.10 Å². The molecule has 0 unspecified atom stereocenters. The van der Waals surface area contributed by atoms with Gasteiger partial charge in [0.15, 0.2) is 5.78 Å². The van der Waals surface area contributed by atoms with Crippen LogP contribution in [-0.2, 0) is 4.79 Å². The van der Waals surface area contributed by atoms with Gasteiger partial charge in [-0.2, -0.15) is 0 Å². The lowest BCUT2D eigenvalue weighted by Crippen LogP contribution is -2.51. The Morgan fingerprint density at radius 1 is 1.05 bits per heavy atom. The minimum Gasteiger partial charge on any atom is -0.393 e. The number of rotatable bonds is 0. The molecule has 2 heteroatoms. The number of hydrogen-bond acceptors (Lipinski definition) is 2. The van der Waals surface area contributed by atoms with E-state index in [4.69, 9.17) is 0 Å². The Labute approximate surface area is 128 Å². The summed E-state index contributed by atoms with van der Waals surface area (Å²) in [7, 11) is 0. The zero-order valence-corrected chi connectivity index (χ0v) is 13.4. The Hall–Kier alpha value is -0.630. The lowest BCUT2D eigenvalue weighted by Gasteiger charge is -2.57. The van der Waals surface area contributed by atoms with Crippen LogP contribution in [0.2, 0.25) is 0 Å². The fourth-order valence-electron chi connectivity index (χ4n) is 6.53. The zero-order valence-electron chi connectivity index (χ0n) is 13.4. The number of allylic oxidation sites excluding steroid dienone is 1. The van der Waals surface area contributed by atoms with Gasteiger partial charge in [0, 0.05) is 6.42 Å². The number of aliphatic hydroxyl groups excluding tert-OH is 1. The van der Waals surface area contributed by atoms with Crippen molar-refractivity contribution in [3.63, 3.8) is 0 Å². The molecule has 0 saturated heterocycles. The minimum atomic E-state index is -0.0823. The number of ketones is 1. The summed E-state index contributed by atoms with van der Waals surface area (Å²) in [6.07, 6.45) is 10.7. The van der Waals surface area contributed by atoms with Crippen molar-refractivity contribution in [3.8, 4) is 0 Å². The first kappa shape index (κ1) is 14.0. The van der Waals surface area contributed by atoms with Crippen LogP contribution in [0.3, 0.4) is 0 Å². The highest BCUT2D eigenvalue weighted by molar-refractivity contribution is 5.91. The molecule has 4 aliphatic carbocycles. The number of carbonyl (C=O) groups is 1. The van der Waals surface area contributed by atoms with E-state index in [-0.39, 0.29) is 16.9 Å². The van der Waals surface area contributed by atoms with E-state index in [1.807, 2.05) is 6.08 Å². The van der Waals surface area contributed by atoms with Crippen LogP contribution in [0.1, 0.15) is 65.2 Å². The van der Waals surface area contributed by atoms with Crippen molar-refractivity contribution in [1.29, 1.82) is 0 Å². The van der Waals surface area contributed by atoms with E-state index in [9.17, 15) is 9.90 Å². The predicted molar refractivity (Wildman–Crippen MR) is 82.7 cm³/mol. The molecule has 4 aliphatic rings. The maximum atomic E-state index is 11.8. The van der Waals surface area contributed by atoms with Gasteiger partial charge in [-0.3, -0.25) is 4.79 Å². The molecule has 0 heterocycles. The first-order chi connectivity index (χ1) is 9.95. The number of hydrogen-bond donors (Lipinski definition) is 1. The molecule has 3 saturated carbocycles. The highest BCUT2D eigenvalue weighted by atomic mass is 16.3. The zero-order chi connectivity index (χ0) is 14.8. The summed E-state index contributed by atoms with van der Waals surface area (Å²) in [5.41, 5.74) is 1.89. The highest BCUT2D eigenvalue weighted by Gasteiger charge is 2.58. The Morgan fingerprint density at radius 2 is 1.86 bits per heavy atom. The van der Waals surface area contributed by atoms with E-state index in [1.54, 1.807) is 0 Å². The van der Waals surface area contributed by atoms with Crippen molar-refractivity contribution in [3.05, 3.63) is 11.6 Å². The topological polar surface area (TPSA) is 37.3 Å². The molecule has 3 fully saturated rings. The number of aliphatic hydroxyl groups is 1. The van der Waals surface area contributed by atoms with E-state index >= 15 is 0 Å². The maximum absolute atomic E-state index is 11.8. The summed E-state index contributed by atoms with van der Waals surface area (Å²) >= 11 is 0. The SMILES string of the molecule is C[C@@]12CC[C@H]3[C@@H](CCC4=CC(=O)CC[C@]43C)[C@@H]1CC[C@@H]2O. The van der Waals surface area contributed by atoms with Crippen molar-refractivity contribution in [2.45, 2.75) is 71.3 Å². The Morgan fingerprint density at radius 3 is 2.67 bits per heavy atom. The van der Waals surface area contributed by atoms with Crippen LogP contribution in [0.5, 0.6) is 0 Å². The lowest BCUT2D eigenvalue weighted by molar-refractivity contribution is -0.118. The molecule has 1 N–H and O–H groups in total. The third kappa shape index (κ3) is 1.78. The number of fused-ring (bicyclic) bond motifs is 5. The molecular weight excluding hydrogens is 260 g/mol. The van der Waals surface area contributed by atoms with Gasteiger partial charge >= 0.3 is 0 Å². The molecule has 6 atom stereocenters. The molecule has 0 bridgehead atoms. The highest BCUT2D eigenvalue weighted by Crippen LogP contribution is 2.65. The second-order valence-electron chi connectivity index (χ2n) is 8.61. The summed E-state index contributed by atoms with van der Waals surface area (Å²) in [4.78, 5) is 11.8. The third-order valence-electron chi connectivity index (χ3n) is 7.91. The quantitative estimate of drug-likeness (QED) is 0.734. The predicted octanol–water partition coefficient (Wildman–Crippen LogP) is 3.88. The van der Waals surface area contributed by atoms with Gasteiger partial charge in [-0.15, -0.1) is 0 Å². The van der Waals surface area contributed by atoms with Crippen LogP contribution in [0.15, 0.2) is 11.6 Å². The summed E-state index contributed by atoms with van der Waals surface area (Å²) in [5.74, 6) is 2.57. The largest absolute Gasteiger partial charge is 0.393 e. The van der Waals surface area contributed by atoms with Crippen LogP contribution in [0.4, 0.5) is 0 Å². The summed E-state index contributed by atoms with van der Waals surface area (Å²) in [5, 5.41) is 10.4. The fraction of sp³-hybridized carbons (Fsp3) is 0.842. The van der Waals surface area contributed by atoms with Gasteiger partial charge < -0.3 is 5.11 Å². The Bertz CT molecular complexity index is 508. The van der Waals surface area contributed by atoms with E-state index in [2.05, 4.69) is 13.8 Å². The summed E-state index contributed by atoms with van der Waals surface area (Å²) < 4.78 is 0. The minimum absolute atomic E-state index is 0.0823. The number of carbonyl (C=O) groups excluding carboxylic acids is 1. The molecule has 0 aromatic carbocycles. The second-order valence-corrected chi connectivity index (χ2v) is 8.61. The molecule has 21 heavy (non-hydrogen) atoms. The van der Waals surface area contributed by atoms with Gasteiger partial charge in [-0.25, -0.2) is 0 Å². The molecule has 116 valence electrons. The van der Waals surface area contributed by atoms with E-state index < -0.39 is 0 Å². The molecule has 2 nitrogen and oxygen atoms in total. The first-order valence-corrected chi connectivity index (χ1v) is 8.87. The van der Waals surface area contributed by atoms with Gasteiger partial charge in [-0.05, 0) is 79.6 Å².